The van der Waals surface area contributed by atoms with Crippen LogP contribution in [0.2, 0.25) is 0 Å². The first-order valence-electron chi connectivity index (χ1n) is 4.98. The fraction of sp³-hybridized carbons (Fsp3) is 0.600. The molecule has 0 aliphatic carbocycles. The van der Waals surface area contributed by atoms with Crippen molar-refractivity contribution in [3.8, 4) is 0 Å². The van der Waals surface area contributed by atoms with E-state index in [0.717, 1.165) is 6.54 Å². The number of imidazole rings is 1. The number of hydrogen-bond donors (Lipinski definition) is 1. The number of carbonyl (C=O) groups excluding carboxylic acids is 1. The second kappa shape index (κ2) is 5.90. The van der Waals surface area contributed by atoms with Crippen molar-refractivity contribution in [2.45, 2.75) is 25.2 Å². The van der Waals surface area contributed by atoms with E-state index in [1.54, 1.807) is 12.5 Å². The van der Waals surface area contributed by atoms with Crippen molar-refractivity contribution >= 4 is 21.8 Å². The summed E-state index contributed by atoms with van der Waals surface area (Å²) in [6, 6.07) is 0. The molecular weight excluding hydrogens is 258 g/mol. The van der Waals surface area contributed by atoms with Crippen LogP contribution < -0.4 is 5.32 Å². The van der Waals surface area contributed by atoms with Gasteiger partial charge in [0.05, 0.1) is 11.2 Å². The molecule has 4 nitrogen and oxygen atoms in total. The standard InChI is InChI=1S/C10H16BrN3O/c1-8(2)9(11)10(15)13-4-6-14-5-3-12-7-14/h3,5,7-9H,4,6H2,1-2H3,(H,13,15). The number of aromatic nitrogens is 2. The first kappa shape index (κ1) is 12.2. The molecular formula is C10H16BrN3O. The molecule has 0 radical (unpaired) electrons. The van der Waals surface area contributed by atoms with E-state index in [-0.39, 0.29) is 10.7 Å². The van der Waals surface area contributed by atoms with E-state index in [2.05, 4.69) is 26.2 Å². The first-order valence-corrected chi connectivity index (χ1v) is 5.90. The van der Waals surface area contributed by atoms with Gasteiger partial charge in [-0.2, -0.15) is 0 Å². The Morgan fingerprint density at radius 2 is 2.33 bits per heavy atom. The highest BCUT2D eigenvalue weighted by Gasteiger charge is 2.17. The van der Waals surface area contributed by atoms with Crippen LogP contribution in [0.25, 0.3) is 0 Å². The highest BCUT2D eigenvalue weighted by atomic mass is 79.9. The number of nitrogens with one attached hydrogen (secondary N) is 1. The third-order valence-electron chi connectivity index (χ3n) is 2.06. The summed E-state index contributed by atoms with van der Waals surface area (Å²) in [5, 5.41) is 2.87. The third-order valence-corrected chi connectivity index (χ3v) is 3.54. The average Bonchev–Trinajstić information content (AvgIpc) is 2.69. The van der Waals surface area contributed by atoms with Crippen LogP contribution in [0, 0.1) is 5.92 Å². The van der Waals surface area contributed by atoms with Crippen molar-refractivity contribution in [1.29, 1.82) is 0 Å². The molecule has 84 valence electrons. The van der Waals surface area contributed by atoms with Crippen molar-refractivity contribution in [3.63, 3.8) is 0 Å². The highest BCUT2D eigenvalue weighted by Crippen LogP contribution is 2.11. The summed E-state index contributed by atoms with van der Waals surface area (Å²) in [5.74, 6) is 0.350. The van der Waals surface area contributed by atoms with E-state index < -0.39 is 0 Å². The Labute approximate surface area is 98.2 Å². The van der Waals surface area contributed by atoms with Crippen LogP contribution in [0.4, 0.5) is 0 Å². The number of alkyl halides is 1. The van der Waals surface area contributed by atoms with E-state index in [9.17, 15) is 4.79 Å². The van der Waals surface area contributed by atoms with Crippen molar-refractivity contribution in [2.75, 3.05) is 6.54 Å². The Morgan fingerprint density at radius 1 is 1.60 bits per heavy atom. The molecule has 1 unspecified atom stereocenters. The molecule has 0 saturated carbocycles. The zero-order valence-corrected chi connectivity index (χ0v) is 10.6. The molecule has 15 heavy (non-hydrogen) atoms. The first-order chi connectivity index (χ1) is 7.11. The fourth-order valence-electron chi connectivity index (χ4n) is 1.13. The second-order valence-electron chi connectivity index (χ2n) is 3.74. The Morgan fingerprint density at radius 3 is 2.87 bits per heavy atom. The molecule has 0 aliphatic rings. The third kappa shape index (κ3) is 4.03. The minimum atomic E-state index is -0.111. The summed E-state index contributed by atoms with van der Waals surface area (Å²) in [4.78, 5) is 15.3. The molecule has 1 aromatic heterocycles. The molecule has 0 spiro atoms. The maximum Gasteiger partial charge on any atom is 0.234 e. The second-order valence-corrected chi connectivity index (χ2v) is 4.72. The lowest BCUT2D eigenvalue weighted by molar-refractivity contribution is -0.121. The molecule has 0 bridgehead atoms. The van der Waals surface area contributed by atoms with E-state index in [1.165, 1.54) is 0 Å². The van der Waals surface area contributed by atoms with Crippen LogP contribution >= 0.6 is 15.9 Å². The Balaban J connectivity index is 2.23. The van der Waals surface area contributed by atoms with E-state index in [4.69, 9.17) is 0 Å². The maximum atomic E-state index is 11.5. The molecule has 1 rings (SSSR count). The van der Waals surface area contributed by atoms with Gasteiger partial charge in [-0.25, -0.2) is 4.98 Å². The van der Waals surface area contributed by atoms with Crippen LogP contribution in [-0.2, 0) is 11.3 Å². The van der Waals surface area contributed by atoms with Gasteiger partial charge < -0.3 is 9.88 Å². The molecule has 1 N–H and O–H groups in total. The van der Waals surface area contributed by atoms with E-state index in [1.807, 2.05) is 24.6 Å². The van der Waals surface area contributed by atoms with Crippen molar-refractivity contribution in [1.82, 2.24) is 14.9 Å². The van der Waals surface area contributed by atoms with Crippen LogP contribution in [0.15, 0.2) is 18.7 Å². The van der Waals surface area contributed by atoms with Crippen LogP contribution in [0.3, 0.4) is 0 Å². The number of rotatable bonds is 5. The van der Waals surface area contributed by atoms with Crippen LogP contribution in [0.5, 0.6) is 0 Å². The summed E-state index contributed by atoms with van der Waals surface area (Å²) in [6.07, 6.45) is 5.34. The molecule has 1 atom stereocenters. The quantitative estimate of drug-likeness (QED) is 0.825. The summed E-state index contributed by atoms with van der Waals surface area (Å²) >= 11 is 3.36. The predicted molar refractivity (Wildman–Crippen MR) is 62.8 cm³/mol. The van der Waals surface area contributed by atoms with Crippen molar-refractivity contribution < 1.29 is 4.79 Å². The van der Waals surface area contributed by atoms with Gasteiger partial charge in [-0.1, -0.05) is 29.8 Å². The Hall–Kier alpha value is -0.840. The summed E-state index contributed by atoms with van der Waals surface area (Å²) in [5.41, 5.74) is 0. The lowest BCUT2D eigenvalue weighted by atomic mass is 10.1. The van der Waals surface area contributed by atoms with Gasteiger partial charge in [-0.05, 0) is 5.92 Å². The number of amides is 1. The fourth-order valence-corrected chi connectivity index (χ4v) is 1.29. The maximum absolute atomic E-state index is 11.5. The van der Waals surface area contributed by atoms with Gasteiger partial charge in [0.15, 0.2) is 0 Å². The molecule has 0 aliphatic heterocycles. The normalized spacial score (nSPS) is 12.8. The molecule has 5 heteroatoms. The van der Waals surface area contributed by atoms with Gasteiger partial charge in [0, 0.05) is 25.5 Å². The van der Waals surface area contributed by atoms with Gasteiger partial charge in [0.1, 0.15) is 0 Å². The van der Waals surface area contributed by atoms with E-state index >= 15 is 0 Å². The monoisotopic (exact) mass is 273 g/mol. The van der Waals surface area contributed by atoms with Gasteiger partial charge >= 0.3 is 0 Å². The minimum absolute atomic E-state index is 0.0464. The van der Waals surface area contributed by atoms with Gasteiger partial charge in [-0.3, -0.25) is 4.79 Å². The number of nitrogens with zero attached hydrogens (tertiary/aromatic N) is 2. The lowest BCUT2D eigenvalue weighted by Gasteiger charge is -2.13. The highest BCUT2D eigenvalue weighted by molar-refractivity contribution is 9.10. The summed E-state index contributed by atoms with van der Waals surface area (Å²) < 4.78 is 1.93. The summed E-state index contributed by atoms with van der Waals surface area (Å²) in [7, 11) is 0. The molecule has 1 aromatic rings. The zero-order chi connectivity index (χ0) is 11.3. The minimum Gasteiger partial charge on any atom is -0.353 e. The molecule has 1 amide bonds. The largest absolute Gasteiger partial charge is 0.353 e. The predicted octanol–water partition coefficient (Wildman–Crippen LogP) is 1.42. The van der Waals surface area contributed by atoms with Gasteiger partial charge in [0.25, 0.3) is 0 Å². The van der Waals surface area contributed by atoms with Crippen LogP contribution in [0.1, 0.15) is 13.8 Å². The number of halogens is 1. The lowest BCUT2D eigenvalue weighted by Crippen LogP contribution is -2.35. The number of hydrogen-bond acceptors (Lipinski definition) is 2. The average molecular weight is 274 g/mol. The SMILES string of the molecule is CC(C)C(Br)C(=O)NCCn1ccnc1. The molecule has 0 saturated heterocycles. The topological polar surface area (TPSA) is 46.9 Å². The molecule has 0 fully saturated rings. The van der Waals surface area contributed by atoms with Crippen LogP contribution in [-0.4, -0.2) is 26.8 Å². The smallest absolute Gasteiger partial charge is 0.234 e. The Bertz CT molecular complexity index is 298. The van der Waals surface area contributed by atoms with Crippen molar-refractivity contribution in [3.05, 3.63) is 18.7 Å². The van der Waals surface area contributed by atoms with E-state index in [0.29, 0.717) is 12.5 Å². The summed E-state index contributed by atoms with van der Waals surface area (Å²) in [6.45, 7) is 5.40. The zero-order valence-electron chi connectivity index (χ0n) is 8.98. The Kier molecular flexibility index (Phi) is 4.81. The molecule has 0 aromatic carbocycles. The van der Waals surface area contributed by atoms with Crippen molar-refractivity contribution in [2.24, 2.45) is 5.92 Å². The number of carbonyl (C=O) groups is 1. The van der Waals surface area contributed by atoms with Gasteiger partial charge in [-0.15, -0.1) is 0 Å². The van der Waals surface area contributed by atoms with Gasteiger partial charge in [0.2, 0.25) is 5.91 Å². The molecule has 1 heterocycles.